The first-order valence-electron chi connectivity index (χ1n) is 5.82. The molecule has 1 aromatic heterocycles. The number of pyridine rings is 1. The Bertz CT molecular complexity index is 519. The van der Waals surface area contributed by atoms with Gasteiger partial charge < -0.3 is 15.2 Å². The van der Waals surface area contributed by atoms with Gasteiger partial charge in [-0.2, -0.15) is 13.2 Å². The molecule has 6 nitrogen and oxygen atoms in total. The van der Waals surface area contributed by atoms with Crippen LogP contribution in [0.5, 0.6) is 0 Å². The standard InChI is InChI=1S/C12H13F3N2O4/c1-21-6-4-8(11(19)20)17-10(18)7-3-2-5-16-9(7)12(13,14)15/h2-3,5,8H,4,6H2,1H3,(H,17,18)(H,19,20). The summed E-state index contributed by atoms with van der Waals surface area (Å²) < 4.78 is 42.9. The van der Waals surface area contributed by atoms with Crippen molar-refractivity contribution < 1.29 is 32.6 Å². The maximum Gasteiger partial charge on any atom is 0.434 e. The minimum Gasteiger partial charge on any atom is -0.480 e. The van der Waals surface area contributed by atoms with Crippen LogP contribution in [0.1, 0.15) is 22.5 Å². The zero-order valence-corrected chi connectivity index (χ0v) is 11.0. The highest BCUT2D eigenvalue weighted by atomic mass is 19.4. The van der Waals surface area contributed by atoms with Crippen LogP contribution in [0.3, 0.4) is 0 Å². The summed E-state index contributed by atoms with van der Waals surface area (Å²) in [6.45, 7) is 0.0381. The number of ether oxygens (including phenoxy) is 1. The minimum atomic E-state index is -4.81. The van der Waals surface area contributed by atoms with Gasteiger partial charge in [-0.25, -0.2) is 4.79 Å². The number of hydrogen-bond acceptors (Lipinski definition) is 4. The highest BCUT2D eigenvalue weighted by molar-refractivity contribution is 5.97. The monoisotopic (exact) mass is 306 g/mol. The third kappa shape index (κ3) is 4.71. The summed E-state index contributed by atoms with van der Waals surface area (Å²) in [7, 11) is 1.34. The Morgan fingerprint density at radius 1 is 1.48 bits per heavy atom. The second-order valence-corrected chi connectivity index (χ2v) is 4.04. The summed E-state index contributed by atoms with van der Waals surface area (Å²) in [5, 5.41) is 10.9. The number of hydrogen-bond donors (Lipinski definition) is 2. The fourth-order valence-electron chi connectivity index (χ4n) is 1.54. The predicted octanol–water partition coefficient (Wildman–Crippen LogP) is 1.32. The molecule has 0 saturated heterocycles. The molecule has 0 aliphatic rings. The predicted molar refractivity (Wildman–Crippen MR) is 64.6 cm³/mol. The molecular formula is C12H13F3N2O4. The molecule has 1 atom stereocenters. The number of aromatic nitrogens is 1. The topological polar surface area (TPSA) is 88.5 Å². The van der Waals surface area contributed by atoms with Crippen molar-refractivity contribution in [2.24, 2.45) is 0 Å². The number of aliphatic carboxylic acids is 1. The van der Waals surface area contributed by atoms with Crippen LogP contribution < -0.4 is 5.32 Å². The van der Waals surface area contributed by atoms with E-state index in [0.717, 1.165) is 18.3 Å². The van der Waals surface area contributed by atoms with Crippen molar-refractivity contribution >= 4 is 11.9 Å². The van der Waals surface area contributed by atoms with Crippen molar-refractivity contribution in [3.8, 4) is 0 Å². The van der Waals surface area contributed by atoms with E-state index in [1.807, 2.05) is 5.32 Å². The number of carbonyl (C=O) groups excluding carboxylic acids is 1. The van der Waals surface area contributed by atoms with Crippen LogP contribution >= 0.6 is 0 Å². The summed E-state index contributed by atoms with van der Waals surface area (Å²) in [6, 6.07) is 0.744. The van der Waals surface area contributed by atoms with Crippen molar-refractivity contribution in [1.82, 2.24) is 10.3 Å². The molecule has 0 fully saturated rings. The lowest BCUT2D eigenvalue weighted by Gasteiger charge is -2.16. The van der Waals surface area contributed by atoms with Crippen LogP contribution in [0.2, 0.25) is 0 Å². The molecule has 0 saturated carbocycles. The van der Waals surface area contributed by atoms with Gasteiger partial charge in [-0.3, -0.25) is 9.78 Å². The van der Waals surface area contributed by atoms with E-state index in [2.05, 4.69) is 9.72 Å². The number of carbonyl (C=O) groups is 2. The normalized spacial score (nSPS) is 12.8. The number of methoxy groups -OCH3 is 1. The van der Waals surface area contributed by atoms with Crippen molar-refractivity contribution in [2.45, 2.75) is 18.6 Å². The van der Waals surface area contributed by atoms with Crippen LogP contribution in [0.4, 0.5) is 13.2 Å². The molecule has 0 aromatic carbocycles. The second kappa shape index (κ2) is 7.02. The quantitative estimate of drug-likeness (QED) is 0.827. The third-order valence-electron chi connectivity index (χ3n) is 2.53. The average Bonchev–Trinajstić information content (AvgIpc) is 2.42. The number of carboxylic acid groups (broad SMARTS) is 1. The van der Waals surface area contributed by atoms with Crippen molar-refractivity contribution in [3.05, 3.63) is 29.6 Å². The fraction of sp³-hybridized carbons (Fsp3) is 0.417. The zero-order valence-electron chi connectivity index (χ0n) is 11.0. The summed E-state index contributed by atoms with van der Waals surface area (Å²) in [6.07, 6.45) is -3.97. The lowest BCUT2D eigenvalue weighted by Crippen LogP contribution is -2.42. The fourth-order valence-corrected chi connectivity index (χ4v) is 1.54. The van der Waals surface area contributed by atoms with E-state index in [0.29, 0.717) is 0 Å². The van der Waals surface area contributed by atoms with E-state index >= 15 is 0 Å². The first kappa shape index (κ1) is 16.9. The van der Waals surface area contributed by atoms with Crippen molar-refractivity contribution in [3.63, 3.8) is 0 Å². The number of carboxylic acids is 1. The molecule has 116 valence electrons. The Morgan fingerprint density at radius 2 is 2.14 bits per heavy atom. The smallest absolute Gasteiger partial charge is 0.434 e. The minimum absolute atomic E-state index is 0.0381. The number of rotatable bonds is 6. The van der Waals surface area contributed by atoms with Crippen LogP contribution in [-0.4, -0.2) is 41.7 Å². The van der Waals surface area contributed by atoms with Gasteiger partial charge in [0.15, 0.2) is 5.69 Å². The molecule has 1 unspecified atom stereocenters. The summed E-state index contributed by atoms with van der Waals surface area (Å²) in [4.78, 5) is 25.9. The van der Waals surface area contributed by atoms with Gasteiger partial charge in [-0.15, -0.1) is 0 Å². The summed E-state index contributed by atoms with van der Waals surface area (Å²) >= 11 is 0. The summed E-state index contributed by atoms with van der Waals surface area (Å²) in [5.74, 6) is -2.52. The van der Waals surface area contributed by atoms with Gasteiger partial charge in [0.05, 0.1) is 5.56 Å². The molecule has 0 radical (unpaired) electrons. The zero-order chi connectivity index (χ0) is 16.0. The van der Waals surface area contributed by atoms with E-state index in [1.165, 1.54) is 7.11 Å². The van der Waals surface area contributed by atoms with Gasteiger partial charge in [-0.1, -0.05) is 0 Å². The molecule has 0 aliphatic carbocycles. The lowest BCUT2D eigenvalue weighted by atomic mass is 10.1. The summed E-state index contributed by atoms with van der Waals surface area (Å²) in [5.41, 5.74) is -2.09. The molecule has 9 heteroatoms. The molecular weight excluding hydrogens is 293 g/mol. The molecule has 0 spiro atoms. The van der Waals surface area contributed by atoms with Gasteiger partial charge in [-0.05, 0) is 12.1 Å². The highest BCUT2D eigenvalue weighted by Gasteiger charge is 2.37. The molecule has 1 amide bonds. The van der Waals surface area contributed by atoms with Crippen LogP contribution in [-0.2, 0) is 15.7 Å². The second-order valence-electron chi connectivity index (χ2n) is 4.04. The maximum atomic E-state index is 12.7. The Hall–Kier alpha value is -2.16. The third-order valence-corrected chi connectivity index (χ3v) is 2.53. The van der Waals surface area contributed by atoms with Gasteiger partial charge in [0, 0.05) is 26.3 Å². The number of nitrogens with zero attached hydrogens (tertiary/aromatic N) is 1. The Kier molecular flexibility index (Phi) is 5.65. The van der Waals surface area contributed by atoms with Gasteiger partial charge in [0.25, 0.3) is 5.91 Å². The first-order chi connectivity index (χ1) is 9.77. The molecule has 0 aliphatic heterocycles. The Morgan fingerprint density at radius 3 is 2.67 bits per heavy atom. The SMILES string of the molecule is COCCC(NC(=O)c1cccnc1C(F)(F)F)C(=O)O. The van der Waals surface area contributed by atoms with Gasteiger partial charge >= 0.3 is 12.1 Å². The largest absolute Gasteiger partial charge is 0.480 e. The Balaban J connectivity index is 2.96. The van der Waals surface area contributed by atoms with E-state index < -0.39 is 35.4 Å². The number of alkyl halides is 3. The van der Waals surface area contributed by atoms with E-state index in [9.17, 15) is 22.8 Å². The maximum absolute atomic E-state index is 12.7. The van der Waals surface area contributed by atoms with Crippen LogP contribution in [0, 0.1) is 0 Å². The van der Waals surface area contributed by atoms with Crippen molar-refractivity contribution in [2.75, 3.05) is 13.7 Å². The number of nitrogens with one attached hydrogen (secondary N) is 1. The molecule has 0 bridgehead atoms. The number of halogens is 3. The van der Waals surface area contributed by atoms with Crippen LogP contribution in [0.25, 0.3) is 0 Å². The average molecular weight is 306 g/mol. The van der Waals surface area contributed by atoms with Gasteiger partial charge in [0.1, 0.15) is 6.04 Å². The molecule has 1 aromatic rings. The highest BCUT2D eigenvalue weighted by Crippen LogP contribution is 2.29. The van der Waals surface area contributed by atoms with Crippen LogP contribution in [0.15, 0.2) is 18.3 Å². The van der Waals surface area contributed by atoms with Gasteiger partial charge in [0.2, 0.25) is 0 Å². The van der Waals surface area contributed by atoms with E-state index in [1.54, 1.807) is 0 Å². The van der Waals surface area contributed by atoms with E-state index in [4.69, 9.17) is 5.11 Å². The van der Waals surface area contributed by atoms with Crippen molar-refractivity contribution in [1.29, 1.82) is 0 Å². The molecule has 2 N–H and O–H groups in total. The Labute approximate surface area is 117 Å². The van der Waals surface area contributed by atoms with E-state index in [-0.39, 0.29) is 13.0 Å². The molecule has 1 heterocycles. The molecule has 1 rings (SSSR count). The first-order valence-corrected chi connectivity index (χ1v) is 5.82. The lowest BCUT2D eigenvalue weighted by molar-refractivity contribution is -0.141. The number of amides is 1. The molecule has 21 heavy (non-hydrogen) atoms.